The summed E-state index contributed by atoms with van der Waals surface area (Å²) in [6.07, 6.45) is 0. The van der Waals surface area contributed by atoms with E-state index in [0.29, 0.717) is 13.2 Å². The Hall–Kier alpha value is -1.62. The smallest absolute Gasteiger partial charge is 0.155 e. The van der Waals surface area contributed by atoms with Gasteiger partial charge in [0.25, 0.3) is 0 Å². The quantitative estimate of drug-likeness (QED) is 0.806. The zero-order valence-electron chi connectivity index (χ0n) is 8.55. The topological polar surface area (TPSA) is 60.2 Å². The minimum absolute atomic E-state index is 0.0529. The highest BCUT2D eigenvalue weighted by atomic mass is 16.5. The van der Waals surface area contributed by atoms with Crippen LogP contribution in [0.25, 0.3) is 11.0 Å². The summed E-state index contributed by atoms with van der Waals surface area (Å²) in [5.41, 5.74) is 1.63. The van der Waals surface area contributed by atoms with Gasteiger partial charge in [-0.1, -0.05) is 11.3 Å². The molecule has 2 aromatic rings. The second kappa shape index (κ2) is 4.27. The molecule has 0 saturated carbocycles. The molecule has 0 bridgehead atoms. The third-order valence-electron chi connectivity index (χ3n) is 2.12. The van der Waals surface area contributed by atoms with Crippen LogP contribution in [0, 0.1) is 0 Å². The van der Waals surface area contributed by atoms with Crippen molar-refractivity contribution in [2.75, 3.05) is 13.2 Å². The van der Waals surface area contributed by atoms with Crippen molar-refractivity contribution in [1.29, 1.82) is 0 Å². The normalized spacial score (nSPS) is 10.8. The predicted octanol–water partition coefficient (Wildman–Crippen LogP) is 0.822. The van der Waals surface area contributed by atoms with Gasteiger partial charge in [0.05, 0.1) is 25.3 Å². The van der Waals surface area contributed by atoms with E-state index < -0.39 is 0 Å². The number of ether oxygens (including phenoxy) is 1. The van der Waals surface area contributed by atoms with Crippen molar-refractivity contribution in [3.05, 3.63) is 18.2 Å². The average molecular weight is 207 g/mol. The van der Waals surface area contributed by atoms with Crippen LogP contribution in [0.3, 0.4) is 0 Å². The first-order valence-corrected chi connectivity index (χ1v) is 4.92. The molecule has 0 unspecified atom stereocenters. The van der Waals surface area contributed by atoms with Crippen molar-refractivity contribution < 1.29 is 9.84 Å². The van der Waals surface area contributed by atoms with Gasteiger partial charge in [0, 0.05) is 0 Å². The molecule has 0 fully saturated rings. The third-order valence-corrected chi connectivity index (χ3v) is 2.12. The Balaban J connectivity index is 2.48. The summed E-state index contributed by atoms with van der Waals surface area (Å²) in [6, 6.07) is 5.67. The molecule has 5 nitrogen and oxygen atoms in total. The number of benzene rings is 1. The summed E-state index contributed by atoms with van der Waals surface area (Å²) < 4.78 is 7.10. The lowest BCUT2D eigenvalue weighted by atomic mass is 10.3. The van der Waals surface area contributed by atoms with Gasteiger partial charge in [-0.3, -0.25) is 0 Å². The zero-order chi connectivity index (χ0) is 10.7. The lowest BCUT2D eigenvalue weighted by Crippen LogP contribution is -2.03. The fourth-order valence-corrected chi connectivity index (χ4v) is 1.50. The molecule has 80 valence electrons. The number of nitrogens with zero attached hydrogens (tertiary/aromatic N) is 3. The van der Waals surface area contributed by atoms with Crippen LogP contribution in [0.1, 0.15) is 6.92 Å². The van der Waals surface area contributed by atoms with E-state index in [0.717, 1.165) is 16.8 Å². The van der Waals surface area contributed by atoms with E-state index in [1.807, 2.05) is 25.1 Å². The van der Waals surface area contributed by atoms with Crippen molar-refractivity contribution in [3.63, 3.8) is 0 Å². The van der Waals surface area contributed by atoms with Crippen LogP contribution < -0.4 is 4.74 Å². The van der Waals surface area contributed by atoms with Crippen LogP contribution in [0.2, 0.25) is 0 Å². The maximum absolute atomic E-state index is 8.85. The first kappa shape index (κ1) is 9.92. The Morgan fingerprint density at radius 2 is 2.33 bits per heavy atom. The van der Waals surface area contributed by atoms with Crippen LogP contribution in [0.5, 0.6) is 5.75 Å². The Bertz CT molecular complexity index is 453. The van der Waals surface area contributed by atoms with Crippen molar-refractivity contribution >= 4 is 11.0 Å². The van der Waals surface area contributed by atoms with Gasteiger partial charge in [-0.15, -0.1) is 5.10 Å². The highest BCUT2D eigenvalue weighted by Crippen LogP contribution is 2.22. The summed E-state index contributed by atoms with van der Waals surface area (Å²) >= 11 is 0. The number of aliphatic hydroxyl groups is 1. The van der Waals surface area contributed by atoms with E-state index >= 15 is 0 Å². The van der Waals surface area contributed by atoms with Crippen LogP contribution in [-0.4, -0.2) is 33.3 Å². The maximum Gasteiger partial charge on any atom is 0.155 e. The van der Waals surface area contributed by atoms with Crippen molar-refractivity contribution in [2.45, 2.75) is 13.5 Å². The lowest BCUT2D eigenvalue weighted by Gasteiger charge is -2.03. The third kappa shape index (κ3) is 1.78. The van der Waals surface area contributed by atoms with Crippen LogP contribution in [-0.2, 0) is 6.54 Å². The Morgan fingerprint density at radius 3 is 3.07 bits per heavy atom. The Labute approximate surface area is 87.3 Å². The molecule has 0 aliphatic carbocycles. The van der Waals surface area contributed by atoms with Crippen LogP contribution >= 0.6 is 0 Å². The van der Waals surface area contributed by atoms with E-state index in [-0.39, 0.29) is 6.61 Å². The first-order valence-electron chi connectivity index (χ1n) is 4.92. The van der Waals surface area contributed by atoms with E-state index in [1.54, 1.807) is 4.68 Å². The minimum atomic E-state index is 0.0529. The molecule has 0 aliphatic rings. The molecule has 0 amide bonds. The van der Waals surface area contributed by atoms with Gasteiger partial charge in [0.2, 0.25) is 0 Å². The van der Waals surface area contributed by atoms with E-state index in [1.165, 1.54) is 0 Å². The highest BCUT2D eigenvalue weighted by molar-refractivity contribution is 5.80. The van der Waals surface area contributed by atoms with Gasteiger partial charge in [-0.2, -0.15) is 0 Å². The number of hydrogen-bond acceptors (Lipinski definition) is 4. The number of fused-ring (bicyclic) bond motifs is 1. The van der Waals surface area contributed by atoms with Crippen molar-refractivity contribution in [3.8, 4) is 5.75 Å². The molecule has 15 heavy (non-hydrogen) atoms. The number of rotatable bonds is 4. The molecule has 0 radical (unpaired) electrons. The monoisotopic (exact) mass is 207 g/mol. The van der Waals surface area contributed by atoms with Crippen molar-refractivity contribution in [1.82, 2.24) is 15.0 Å². The first-order chi connectivity index (χ1) is 7.36. The molecule has 2 rings (SSSR count). The van der Waals surface area contributed by atoms with Crippen LogP contribution in [0.15, 0.2) is 18.2 Å². The van der Waals surface area contributed by atoms with E-state index in [9.17, 15) is 0 Å². The van der Waals surface area contributed by atoms with E-state index in [4.69, 9.17) is 9.84 Å². The molecule has 1 aromatic heterocycles. The highest BCUT2D eigenvalue weighted by Gasteiger charge is 2.08. The lowest BCUT2D eigenvalue weighted by molar-refractivity contribution is 0.270. The SMILES string of the molecule is CCOc1cccc2c1nnn2CCO. The molecule has 0 spiro atoms. The zero-order valence-corrected chi connectivity index (χ0v) is 8.55. The second-order valence-electron chi connectivity index (χ2n) is 3.09. The largest absolute Gasteiger partial charge is 0.491 e. The molecular weight excluding hydrogens is 194 g/mol. The van der Waals surface area contributed by atoms with Gasteiger partial charge in [0.1, 0.15) is 5.75 Å². The number of aromatic nitrogens is 3. The number of aliphatic hydroxyl groups excluding tert-OH is 1. The maximum atomic E-state index is 8.85. The van der Waals surface area contributed by atoms with Gasteiger partial charge in [-0.05, 0) is 19.1 Å². The van der Waals surface area contributed by atoms with Gasteiger partial charge >= 0.3 is 0 Å². The average Bonchev–Trinajstić information content (AvgIpc) is 2.64. The molecule has 0 aliphatic heterocycles. The van der Waals surface area contributed by atoms with Gasteiger partial charge in [-0.25, -0.2) is 4.68 Å². The molecule has 1 N–H and O–H groups in total. The standard InChI is InChI=1S/C10H13N3O2/c1-2-15-9-5-3-4-8-10(9)11-12-13(8)6-7-14/h3-5,14H,2,6-7H2,1H3. The molecular formula is C10H13N3O2. The molecule has 5 heteroatoms. The molecule has 1 heterocycles. The second-order valence-corrected chi connectivity index (χ2v) is 3.09. The molecule has 0 atom stereocenters. The Morgan fingerprint density at radius 1 is 1.47 bits per heavy atom. The summed E-state index contributed by atoms with van der Waals surface area (Å²) in [7, 11) is 0. The van der Waals surface area contributed by atoms with Gasteiger partial charge < -0.3 is 9.84 Å². The molecule has 1 aromatic carbocycles. The Kier molecular flexibility index (Phi) is 2.82. The summed E-state index contributed by atoms with van der Waals surface area (Å²) in [5, 5.41) is 16.8. The van der Waals surface area contributed by atoms with Crippen LogP contribution in [0.4, 0.5) is 0 Å². The summed E-state index contributed by atoms with van der Waals surface area (Å²) in [6.45, 7) is 3.03. The molecule has 0 saturated heterocycles. The minimum Gasteiger partial charge on any atom is -0.491 e. The predicted molar refractivity (Wildman–Crippen MR) is 55.8 cm³/mol. The van der Waals surface area contributed by atoms with E-state index in [2.05, 4.69) is 10.3 Å². The fourth-order valence-electron chi connectivity index (χ4n) is 1.50. The fraction of sp³-hybridized carbons (Fsp3) is 0.400. The summed E-state index contributed by atoms with van der Waals surface area (Å²) in [5.74, 6) is 0.735. The number of hydrogen-bond donors (Lipinski definition) is 1. The van der Waals surface area contributed by atoms with Crippen molar-refractivity contribution in [2.24, 2.45) is 0 Å². The van der Waals surface area contributed by atoms with Gasteiger partial charge in [0.15, 0.2) is 5.52 Å². The summed E-state index contributed by atoms with van der Waals surface area (Å²) in [4.78, 5) is 0.